The molecule has 1 aromatic carbocycles. The Bertz CT molecular complexity index is 815. The van der Waals surface area contributed by atoms with E-state index in [1.807, 2.05) is 55.5 Å². The Morgan fingerprint density at radius 1 is 1.27 bits per heavy atom. The molecule has 0 aliphatic heterocycles. The number of guanidine groups is 1. The third-order valence-corrected chi connectivity index (χ3v) is 5.32. The van der Waals surface area contributed by atoms with E-state index in [9.17, 15) is 0 Å². The third kappa shape index (κ3) is 7.53. The molecule has 168 valence electrons. The summed E-state index contributed by atoms with van der Waals surface area (Å²) in [6.07, 6.45) is 3.19. The maximum atomic E-state index is 5.54. The van der Waals surface area contributed by atoms with Gasteiger partial charge in [0.25, 0.3) is 0 Å². The fourth-order valence-electron chi connectivity index (χ4n) is 2.78. The second-order valence-electron chi connectivity index (χ2n) is 6.67. The van der Waals surface area contributed by atoms with Gasteiger partial charge in [0.15, 0.2) is 11.8 Å². The van der Waals surface area contributed by atoms with Gasteiger partial charge in [-0.25, -0.2) is 4.99 Å². The van der Waals surface area contributed by atoms with E-state index in [1.54, 1.807) is 14.2 Å². The number of thioether (sulfide) groups is 1. The van der Waals surface area contributed by atoms with Crippen LogP contribution in [0.5, 0.6) is 11.5 Å². The molecule has 0 aliphatic rings. The summed E-state index contributed by atoms with van der Waals surface area (Å²) in [5.74, 6) is 5.21. The smallest absolute Gasteiger partial charge is 0.194 e. The lowest BCUT2D eigenvalue weighted by Gasteiger charge is -2.23. The van der Waals surface area contributed by atoms with Gasteiger partial charge < -0.3 is 24.3 Å². The first-order valence-electron chi connectivity index (χ1n) is 9.54. The normalized spacial score (nSPS) is 11.1. The van der Waals surface area contributed by atoms with Crippen molar-refractivity contribution in [3.05, 3.63) is 35.4 Å². The van der Waals surface area contributed by atoms with Crippen molar-refractivity contribution in [2.24, 2.45) is 12.0 Å². The van der Waals surface area contributed by atoms with E-state index in [0.717, 1.165) is 53.4 Å². The number of aromatic nitrogens is 3. The van der Waals surface area contributed by atoms with Crippen molar-refractivity contribution < 1.29 is 9.47 Å². The molecule has 0 atom stereocenters. The average molecular weight is 548 g/mol. The van der Waals surface area contributed by atoms with Crippen molar-refractivity contribution in [2.75, 3.05) is 39.8 Å². The van der Waals surface area contributed by atoms with Crippen LogP contribution in [0.15, 0.2) is 23.2 Å². The van der Waals surface area contributed by atoms with Crippen LogP contribution in [0.2, 0.25) is 0 Å². The standard InChI is InChI=1S/C20H32N6O2S.HI/c1-15-23-24-19(26(15)3)13-22-20(21-10-7-11-29-6)25(2)14-16-8-9-17(27-4)12-18(16)28-5;/h8-9,12H,7,10-11,13-14H2,1-6H3,(H,21,22);1H. The Morgan fingerprint density at radius 3 is 2.63 bits per heavy atom. The van der Waals surface area contributed by atoms with Crippen LogP contribution in [0.3, 0.4) is 0 Å². The van der Waals surface area contributed by atoms with E-state index in [0.29, 0.717) is 13.1 Å². The number of halogens is 1. The number of aliphatic imine (C=N–C) groups is 1. The summed E-state index contributed by atoms with van der Waals surface area (Å²) in [6, 6.07) is 5.86. The van der Waals surface area contributed by atoms with Crippen LogP contribution in [0.25, 0.3) is 0 Å². The van der Waals surface area contributed by atoms with Crippen molar-refractivity contribution in [3.8, 4) is 11.5 Å². The molecular weight excluding hydrogens is 515 g/mol. The largest absolute Gasteiger partial charge is 0.497 e. The highest BCUT2D eigenvalue weighted by Crippen LogP contribution is 2.25. The minimum atomic E-state index is 0. The van der Waals surface area contributed by atoms with E-state index < -0.39 is 0 Å². The summed E-state index contributed by atoms with van der Waals surface area (Å²) < 4.78 is 12.8. The van der Waals surface area contributed by atoms with E-state index in [2.05, 4.69) is 26.7 Å². The SMILES string of the molecule is COc1ccc(CN(C)C(=NCc2nnc(C)n2C)NCCCSC)c(OC)c1.I. The molecule has 0 saturated carbocycles. The van der Waals surface area contributed by atoms with E-state index in [-0.39, 0.29) is 24.0 Å². The van der Waals surface area contributed by atoms with Gasteiger partial charge in [0.1, 0.15) is 23.9 Å². The molecule has 30 heavy (non-hydrogen) atoms. The number of hydrogen-bond donors (Lipinski definition) is 1. The van der Waals surface area contributed by atoms with E-state index in [1.165, 1.54) is 0 Å². The second kappa shape index (κ2) is 13.6. The Balaban J connectivity index is 0.00000450. The van der Waals surface area contributed by atoms with Gasteiger partial charge >= 0.3 is 0 Å². The topological polar surface area (TPSA) is 76.8 Å². The summed E-state index contributed by atoms with van der Waals surface area (Å²) in [5, 5.41) is 11.8. The molecule has 0 fully saturated rings. The monoisotopic (exact) mass is 548 g/mol. The number of nitrogens with zero attached hydrogens (tertiary/aromatic N) is 5. The summed E-state index contributed by atoms with van der Waals surface area (Å²) in [6.45, 7) is 3.91. The highest BCUT2D eigenvalue weighted by atomic mass is 127. The zero-order chi connectivity index (χ0) is 21.2. The van der Waals surface area contributed by atoms with Crippen molar-refractivity contribution in [1.82, 2.24) is 25.0 Å². The maximum absolute atomic E-state index is 5.54. The van der Waals surface area contributed by atoms with Crippen LogP contribution in [0.4, 0.5) is 0 Å². The molecule has 0 saturated heterocycles. The Hall–Kier alpha value is -1.69. The number of hydrogen-bond acceptors (Lipinski definition) is 6. The lowest BCUT2D eigenvalue weighted by Crippen LogP contribution is -2.39. The number of benzene rings is 1. The number of aryl methyl sites for hydroxylation is 1. The zero-order valence-electron chi connectivity index (χ0n) is 18.6. The molecule has 0 bridgehead atoms. The van der Waals surface area contributed by atoms with Crippen LogP contribution < -0.4 is 14.8 Å². The molecule has 1 N–H and O–H groups in total. The highest BCUT2D eigenvalue weighted by Gasteiger charge is 2.13. The van der Waals surface area contributed by atoms with Gasteiger partial charge in [0, 0.05) is 38.8 Å². The van der Waals surface area contributed by atoms with E-state index >= 15 is 0 Å². The quantitative estimate of drug-likeness (QED) is 0.212. The van der Waals surface area contributed by atoms with Crippen LogP contribution in [0.1, 0.15) is 23.6 Å². The van der Waals surface area contributed by atoms with Crippen molar-refractivity contribution >= 4 is 41.7 Å². The third-order valence-electron chi connectivity index (χ3n) is 4.62. The first kappa shape index (κ1) is 26.3. The summed E-state index contributed by atoms with van der Waals surface area (Å²) >= 11 is 1.84. The minimum absolute atomic E-state index is 0. The number of methoxy groups -OCH3 is 2. The van der Waals surface area contributed by atoms with Crippen molar-refractivity contribution in [2.45, 2.75) is 26.4 Å². The van der Waals surface area contributed by atoms with Gasteiger partial charge in [-0.15, -0.1) is 34.2 Å². The molecule has 8 nitrogen and oxygen atoms in total. The van der Waals surface area contributed by atoms with Gasteiger partial charge in [-0.2, -0.15) is 11.8 Å². The molecule has 0 amide bonds. The molecule has 0 unspecified atom stereocenters. The summed E-state index contributed by atoms with van der Waals surface area (Å²) in [4.78, 5) is 6.88. The molecule has 0 spiro atoms. The molecule has 10 heteroatoms. The minimum Gasteiger partial charge on any atom is -0.497 e. The highest BCUT2D eigenvalue weighted by molar-refractivity contribution is 14.0. The van der Waals surface area contributed by atoms with Crippen LogP contribution in [0, 0.1) is 6.92 Å². The number of nitrogens with one attached hydrogen (secondary N) is 1. The molecule has 1 aromatic heterocycles. The zero-order valence-corrected chi connectivity index (χ0v) is 21.8. The molecular formula is C20H33IN6O2S. The molecule has 1 heterocycles. The fraction of sp³-hybridized carbons (Fsp3) is 0.550. The first-order chi connectivity index (χ1) is 14.0. The van der Waals surface area contributed by atoms with Crippen LogP contribution in [-0.4, -0.2) is 65.4 Å². The Kier molecular flexibility index (Phi) is 11.9. The molecule has 0 aliphatic carbocycles. The molecule has 2 aromatic rings. The van der Waals surface area contributed by atoms with Crippen LogP contribution >= 0.6 is 35.7 Å². The Labute approximate surface area is 200 Å². The van der Waals surface area contributed by atoms with Crippen molar-refractivity contribution in [3.63, 3.8) is 0 Å². The molecule has 0 radical (unpaired) electrons. The molecule has 2 rings (SSSR count). The summed E-state index contributed by atoms with van der Waals surface area (Å²) in [5.41, 5.74) is 1.06. The first-order valence-corrected chi connectivity index (χ1v) is 10.9. The lowest BCUT2D eigenvalue weighted by atomic mass is 10.2. The lowest BCUT2D eigenvalue weighted by molar-refractivity contribution is 0.382. The van der Waals surface area contributed by atoms with E-state index in [4.69, 9.17) is 14.5 Å². The number of rotatable bonds is 10. The van der Waals surface area contributed by atoms with Gasteiger partial charge in [0.05, 0.1) is 14.2 Å². The predicted molar refractivity (Wildman–Crippen MR) is 134 cm³/mol. The second-order valence-corrected chi connectivity index (χ2v) is 7.65. The average Bonchev–Trinajstić information content (AvgIpc) is 3.05. The number of ether oxygens (including phenoxy) is 2. The Morgan fingerprint density at radius 2 is 2.03 bits per heavy atom. The van der Waals surface area contributed by atoms with Gasteiger partial charge in [-0.05, 0) is 37.5 Å². The van der Waals surface area contributed by atoms with Gasteiger partial charge in [0.2, 0.25) is 0 Å². The van der Waals surface area contributed by atoms with Gasteiger partial charge in [-0.3, -0.25) is 0 Å². The van der Waals surface area contributed by atoms with Crippen molar-refractivity contribution in [1.29, 1.82) is 0 Å². The summed E-state index contributed by atoms with van der Waals surface area (Å²) in [7, 11) is 7.30. The van der Waals surface area contributed by atoms with Crippen LogP contribution in [-0.2, 0) is 20.1 Å². The fourth-order valence-corrected chi connectivity index (χ4v) is 3.21. The predicted octanol–water partition coefficient (Wildman–Crippen LogP) is 3.09. The van der Waals surface area contributed by atoms with Gasteiger partial charge in [-0.1, -0.05) is 0 Å². The maximum Gasteiger partial charge on any atom is 0.194 e.